The summed E-state index contributed by atoms with van der Waals surface area (Å²) in [7, 11) is 1.31. The van der Waals surface area contributed by atoms with Gasteiger partial charge in [-0.2, -0.15) is 0 Å². The first-order valence-corrected chi connectivity index (χ1v) is 5.50. The number of rotatable bonds is 3. The summed E-state index contributed by atoms with van der Waals surface area (Å²) in [5.41, 5.74) is 0.652. The highest BCUT2D eigenvalue weighted by atomic mass is 16.5. The third-order valence-electron chi connectivity index (χ3n) is 3.03. The standard InChI is InChI=1S/C13H12O5/c1-18-10-6-9(14)8-4-2-3-7(5-11(15)16)12(8)13(10)17/h2-3,6-7H,4-5H2,1H3,(H,15,16). The molecule has 0 bridgehead atoms. The maximum atomic E-state index is 12.1. The minimum absolute atomic E-state index is 0.0237. The van der Waals surface area contributed by atoms with Gasteiger partial charge in [0.15, 0.2) is 11.5 Å². The number of Topliss-reactive ketones (excluding diaryl/α,β-unsaturated/α-hetero) is 1. The summed E-state index contributed by atoms with van der Waals surface area (Å²) in [5.74, 6) is -2.25. The van der Waals surface area contributed by atoms with Gasteiger partial charge >= 0.3 is 5.97 Å². The molecular weight excluding hydrogens is 236 g/mol. The Morgan fingerprint density at radius 3 is 2.83 bits per heavy atom. The van der Waals surface area contributed by atoms with Crippen molar-refractivity contribution in [3.63, 3.8) is 0 Å². The second kappa shape index (κ2) is 4.60. The van der Waals surface area contributed by atoms with Gasteiger partial charge in [0, 0.05) is 23.1 Å². The molecule has 0 aromatic carbocycles. The second-order valence-corrected chi connectivity index (χ2v) is 4.13. The van der Waals surface area contributed by atoms with Gasteiger partial charge in [0.2, 0.25) is 5.78 Å². The van der Waals surface area contributed by atoms with Crippen LogP contribution in [0.15, 0.2) is 35.1 Å². The number of carbonyl (C=O) groups is 3. The largest absolute Gasteiger partial charge is 0.493 e. The Balaban J connectivity index is 2.41. The Morgan fingerprint density at radius 2 is 2.22 bits per heavy atom. The van der Waals surface area contributed by atoms with Crippen molar-refractivity contribution in [2.45, 2.75) is 12.8 Å². The van der Waals surface area contributed by atoms with Crippen LogP contribution in [-0.2, 0) is 19.1 Å². The fourth-order valence-electron chi connectivity index (χ4n) is 2.23. The number of aliphatic carboxylic acids is 1. The zero-order valence-corrected chi connectivity index (χ0v) is 9.80. The van der Waals surface area contributed by atoms with Crippen LogP contribution in [-0.4, -0.2) is 29.8 Å². The number of allylic oxidation sites excluding steroid dienone is 5. The summed E-state index contributed by atoms with van der Waals surface area (Å²) in [6.45, 7) is 0. The van der Waals surface area contributed by atoms with E-state index in [4.69, 9.17) is 9.84 Å². The highest BCUT2D eigenvalue weighted by Crippen LogP contribution is 2.33. The van der Waals surface area contributed by atoms with E-state index in [1.54, 1.807) is 12.2 Å². The average Bonchev–Trinajstić information content (AvgIpc) is 2.33. The summed E-state index contributed by atoms with van der Waals surface area (Å²) in [6.07, 6.45) is 4.72. The van der Waals surface area contributed by atoms with Crippen LogP contribution in [0.25, 0.3) is 0 Å². The normalized spacial score (nSPS) is 22.7. The third kappa shape index (κ3) is 1.99. The van der Waals surface area contributed by atoms with Gasteiger partial charge in [0.25, 0.3) is 0 Å². The Bertz CT molecular complexity index is 521. The first-order valence-electron chi connectivity index (χ1n) is 5.50. The molecule has 0 saturated carbocycles. The van der Waals surface area contributed by atoms with Crippen molar-refractivity contribution in [3.8, 4) is 0 Å². The molecule has 1 atom stereocenters. The summed E-state index contributed by atoms with van der Waals surface area (Å²) < 4.78 is 4.86. The first kappa shape index (κ1) is 12.3. The van der Waals surface area contributed by atoms with Gasteiger partial charge in [0.05, 0.1) is 13.5 Å². The number of hydrogen-bond acceptors (Lipinski definition) is 4. The van der Waals surface area contributed by atoms with Crippen molar-refractivity contribution in [1.29, 1.82) is 0 Å². The maximum absolute atomic E-state index is 12.1. The van der Waals surface area contributed by atoms with E-state index >= 15 is 0 Å². The van der Waals surface area contributed by atoms with Crippen LogP contribution in [0.3, 0.4) is 0 Å². The Labute approximate surface area is 103 Å². The van der Waals surface area contributed by atoms with E-state index in [2.05, 4.69) is 0 Å². The van der Waals surface area contributed by atoms with E-state index in [-0.39, 0.29) is 29.3 Å². The van der Waals surface area contributed by atoms with Gasteiger partial charge in [-0.1, -0.05) is 12.2 Å². The molecule has 0 radical (unpaired) electrons. The minimum atomic E-state index is -1.01. The maximum Gasteiger partial charge on any atom is 0.304 e. The van der Waals surface area contributed by atoms with Crippen LogP contribution < -0.4 is 0 Å². The smallest absolute Gasteiger partial charge is 0.304 e. The molecule has 0 fully saturated rings. The molecule has 1 N–H and O–H groups in total. The van der Waals surface area contributed by atoms with Gasteiger partial charge in [-0.15, -0.1) is 0 Å². The number of ether oxygens (including phenoxy) is 1. The number of carboxylic acids is 1. The van der Waals surface area contributed by atoms with Crippen molar-refractivity contribution in [1.82, 2.24) is 0 Å². The molecule has 2 aliphatic carbocycles. The van der Waals surface area contributed by atoms with Crippen molar-refractivity contribution >= 4 is 17.5 Å². The molecule has 0 aromatic heterocycles. The highest BCUT2D eigenvalue weighted by Gasteiger charge is 2.35. The summed E-state index contributed by atoms with van der Waals surface area (Å²) in [4.78, 5) is 34.7. The fraction of sp³-hybridized carbons (Fsp3) is 0.308. The van der Waals surface area contributed by atoms with Gasteiger partial charge < -0.3 is 9.84 Å². The lowest BCUT2D eigenvalue weighted by Gasteiger charge is -2.25. The number of carbonyl (C=O) groups excluding carboxylic acids is 2. The zero-order valence-electron chi connectivity index (χ0n) is 9.80. The van der Waals surface area contributed by atoms with Crippen molar-refractivity contribution < 1.29 is 24.2 Å². The van der Waals surface area contributed by atoms with Crippen LogP contribution in [0.2, 0.25) is 0 Å². The molecule has 5 nitrogen and oxygen atoms in total. The molecule has 0 aromatic rings. The van der Waals surface area contributed by atoms with E-state index < -0.39 is 11.9 Å². The van der Waals surface area contributed by atoms with E-state index in [9.17, 15) is 14.4 Å². The summed E-state index contributed by atoms with van der Waals surface area (Å²) >= 11 is 0. The third-order valence-corrected chi connectivity index (χ3v) is 3.03. The van der Waals surface area contributed by atoms with Crippen LogP contribution >= 0.6 is 0 Å². The summed E-state index contributed by atoms with van der Waals surface area (Å²) in [6, 6.07) is 0. The molecule has 0 aliphatic heterocycles. The predicted octanol–water partition coefficient (Wildman–Crippen LogP) is 1.02. The Kier molecular flexibility index (Phi) is 3.14. The second-order valence-electron chi connectivity index (χ2n) is 4.13. The summed E-state index contributed by atoms with van der Waals surface area (Å²) in [5, 5.41) is 8.83. The zero-order chi connectivity index (χ0) is 13.3. The fourth-order valence-corrected chi connectivity index (χ4v) is 2.23. The minimum Gasteiger partial charge on any atom is -0.493 e. The van der Waals surface area contributed by atoms with Crippen molar-refractivity contribution in [2.75, 3.05) is 7.11 Å². The van der Waals surface area contributed by atoms with Crippen molar-refractivity contribution in [2.24, 2.45) is 5.92 Å². The van der Waals surface area contributed by atoms with E-state index in [0.29, 0.717) is 12.0 Å². The van der Waals surface area contributed by atoms with Crippen molar-refractivity contribution in [3.05, 3.63) is 35.1 Å². The predicted molar refractivity (Wildman–Crippen MR) is 61.6 cm³/mol. The lowest BCUT2D eigenvalue weighted by Crippen LogP contribution is -2.27. The molecule has 0 heterocycles. The van der Waals surface area contributed by atoms with E-state index in [1.807, 2.05) is 0 Å². The lowest BCUT2D eigenvalue weighted by molar-refractivity contribution is -0.137. The molecular formula is C13H12O5. The number of methoxy groups -OCH3 is 1. The van der Waals surface area contributed by atoms with E-state index in [1.165, 1.54) is 7.11 Å². The van der Waals surface area contributed by atoms with Crippen LogP contribution in [0.5, 0.6) is 0 Å². The lowest BCUT2D eigenvalue weighted by atomic mass is 9.79. The number of carboxylic acid groups (broad SMARTS) is 1. The number of hydrogen-bond donors (Lipinski definition) is 1. The molecule has 18 heavy (non-hydrogen) atoms. The van der Waals surface area contributed by atoms with Gasteiger partial charge in [-0.25, -0.2) is 0 Å². The van der Waals surface area contributed by atoms with Gasteiger partial charge in [-0.05, 0) is 6.42 Å². The molecule has 0 amide bonds. The average molecular weight is 248 g/mol. The van der Waals surface area contributed by atoms with E-state index in [0.717, 1.165) is 6.08 Å². The first-order chi connectivity index (χ1) is 8.54. The highest BCUT2D eigenvalue weighted by molar-refractivity contribution is 6.22. The van der Waals surface area contributed by atoms with Crippen LogP contribution in [0, 0.1) is 5.92 Å². The molecule has 5 heteroatoms. The molecule has 2 rings (SSSR count). The molecule has 1 unspecified atom stereocenters. The van der Waals surface area contributed by atoms with Crippen LogP contribution in [0.4, 0.5) is 0 Å². The Morgan fingerprint density at radius 1 is 1.50 bits per heavy atom. The topological polar surface area (TPSA) is 80.7 Å². The molecule has 2 aliphatic rings. The quantitative estimate of drug-likeness (QED) is 0.595. The van der Waals surface area contributed by atoms with Gasteiger partial charge in [0.1, 0.15) is 0 Å². The Hall–Kier alpha value is -2.17. The molecule has 94 valence electrons. The SMILES string of the molecule is COC1=CC(=O)C2=C(C1=O)C(CC(=O)O)C=CC2. The van der Waals surface area contributed by atoms with Crippen LogP contribution in [0.1, 0.15) is 12.8 Å². The number of ketones is 2. The molecule has 0 saturated heterocycles. The monoisotopic (exact) mass is 248 g/mol. The van der Waals surface area contributed by atoms with Gasteiger partial charge in [-0.3, -0.25) is 14.4 Å². The molecule has 0 spiro atoms.